The van der Waals surface area contributed by atoms with Crippen LogP contribution in [-0.2, 0) is 12.7 Å². The number of rotatable bonds is 4. The molecule has 27 heavy (non-hydrogen) atoms. The zero-order chi connectivity index (χ0) is 19.8. The fourth-order valence-electron chi connectivity index (χ4n) is 3.05. The van der Waals surface area contributed by atoms with Gasteiger partial charge in [-0.15, -0.1) is 0 Å². The van der Waals surface area contributed by atoms with Gasteiger partial charge < -0.3 is 9.30 Å². The predicted molar refractivity (Wildman–Crippen MR) is 92.2 cm³/mol. The van der Waals surface area contributed by atoms with E-state index < -0.39 is 29.5 Å². The molecule has 1 atom stereocenters. The van der Waals surface area contributed by atoms with E-state index in [4.69, 9.17) is 11.3 Å². The summed E-state index contributed by atoms with van der Waals surface area (Å²) in [5, 5.41) is -0.0100. The van der Waals surface area contributed by atoms with Crippen LogP contribution in [0.5, 0.6) is 5.75 Å². The van der Waals surface area contributed by atoms with Gasteiger partial charge in [0.2, 0.25) is 5.95 Å². The maximum atomic E-state index is 13.5. The molecule has 0 spiro atoms. The molecule has 0 amide bonds. The number of benzene rings is 1. The summed E-state index contributed by atoms with van der Waals surface area (Å²) in [4.78, 5) is 6.51. The minimum absolute atomic E-state index is 0.0100. The van der Waals surface area contributed by atoms with E-state index in [1.807, 2.05) is 0 Å². The first-order valence-corrected chi connectivity index (χ1v) is 8.06. The molecule has 0 N–H and O–H groups in total. The topological polar surface area (TPSA) is 31.4 Å². The molecule has 0 radical (unpaired) electrons. The van der Waals surface area contributed by atoms with Crippen molar-refractivity contribution in [2.24, 2.45) is 0 Å². The van der Waals surface area contributed by atoms with Crippen LogP contribution >= 0.6 is 0 Å². The summed E-state index contributed by atoms with van der Waals surface area (Å²) in [6, 6.07) is 6.72. The van der Waals surface area contributed by atoms with Gasteiger partial charge in [-0.2, -0.15) is 17.6 Å². The Balaban J connectivity index is 1.97. The summed E-state index contributed by atoms with van der Waals surface area (Å²) in [6.45, 7) is 10.8. The summed E-state index contributed by atoms with van der Waals surface area (Å²) in [5.74, 6) is -0.262. The van der Waals surface area contributed by atoms with Gasteiger partial charge in [-0.3, -0.25) is 0 Å². The lowest BCUT2D eigenvalue weighted by Crippen LogP contribution is -2.20. The van der Waals surface area contributed by atoms with Crippen LogP contribution in [0.15, 0.2) is 36.5 Å². The Kier molecular flexibility index (Phi) is 4.79. The second-order valence-electron chi connectivity index (χ2n) is 6.14. The van der Waals surface area contributed by atoms with Crippen molar-refractivity contribution in [1.29, 1.82) is 0 Å². The van der Waals surface area contributed by atoms with Crippen molar-refractivity contribution in [3.8, 4) is 5.75 Å². The molecule has 8 heteroatoms. The minimum Gasteiger partial charge on any atom is -0.487 e. The molecular weight excluding hydrogens is 362 g/mol. The lowest BCUT2D eigenvalue weighted by Gasteiger charge is -2.18. The number of aryl methyl sites for hydroxylation is 1. The van der Waals surface area contributed by atoms with Crippen molar-refractivity contribution < 1.29 is 22.3 Å². The van der Waals surface area contributed by atoms with E-state index >= 15 is 0 Å². The Morgan fingerprint density at radius 2 is 2.00 bits per heavy atom. The normalized spacial score (nSPS) is 12.8. The van der Waals surface area contributed by atoms with Gasteiger partial charge in [-0.25, -0.2) is 9.83 Å². The lowest BCUT2D eigenvalue weighted by molar-refractivity contribution is -0.135. The Labute approximate surface area is 152 Å². The molecule has 0 saturated carbocycles. The van der Waals surface area contributed by atoms with Gasteiger partial charge in [-0.1, -0.05) is 6.07 Å². The molecule has 0 aliphatic carbocycles. The number of alkyl halides is 3. The smallest absolute Gasteiger partial charge is 0.408 e. The van der Waals surface area contributed by atoms with Crippen LogP contribution in [0.2, 0.25) is 0 Å². The standard InChI is InChI=1S/C19H15F4N3O/c1-11-8-14-16(6-5-15(24-3)18(14)19(21,22)23)26(11)10-12(2)27-13-4-7-17(20)25-9-13/h4-9,12H,10H2,1-2H3. The van der Waals surface area contributed by atoms with Crippen molar-refractivity contribution in [3.63, 3.8) is 0 Å². The number of aromatic nitrogens is 2. The molecule has 1 aromatic carbocycles. The van der Waals surface area contributed by atoms with Crippen LogP contribution in [0.25, 0.3) is 15.7 Å². The molecule has 0 aliphatic rings. The predicted octanol–water partition coefficient (Wildman–Crippen LogP) is 5.52. The quantitative estimate of drug-likeness (QED) is 0.341. The van der Waals surface area contributed by atoms with Crippen molar-refractivity contribution in [2.75, 3.05) is 0 Å². The molecular formula is C19H15F4N3O. The Hall–Kier alpha value is -3.08. The summed E-state index contributed by atoms with van der Waals surface area (Å²) >= 11 is 0. The molecule has 140 valence electrons. The van der Waals surface area contributed by atoms with Crippen molar-refractivity contribution in [3.05, 3.63) is 65.2 Å². The van der Waals surface area contributed by atoms with E-state index in [2.05, 4.69) is 9.83 Å². The van der Waals surface area contributed by atoms with Crippen molar-refractivity contribution >= 4 is 16.6 Å². The maximum absolute atomic E-state index is 13.5. The monoisotopic (exact) mass is 377 g/mol. The number of fused-ring (bicyclic) bond motifs is 1. The third kappa shape index (κ3) is 3.72. The van der Waals surface area contributed by atoms with Crippen molar-refractivity contribution in [2.45, 2.75) is 32.7 Å². The largest absolute Gasteiger partial charge is 0.487 e. The lowest BCUT2D eigenvalue weighted by atomic mass is 10.1. The van der Waals surface area contributed by atoms with E-state index in [1.165, 1.54) is 36.5 Å². The van der Waals surface area contributed by atoms with Gasteiger partial charge in [0.1, 0.15) is 11.9 Å². The molecule has 1 unspecified atom stereocenters. The number of ether oxygens (including phenoxy) is 1. The minimum atomic E-state index is -4.63. The molecule has 3 rings (SSSR count). The second-order valence-corrected chi connectivity index (χ2v) is 6.14. The first kappa shape index (κ1) is 18.7. The van der Waals surface area contributed by atoms with Gasteiger partial charge in [0.05, 0.1) is 24.9 Å². The average molecular weight is 377 g/mol. The maximum Gasteiger partial charge on any atom is 0.408 e. The van der Waals surface area contributed by atoms with E-state index in [0.717, 1.165) is 0 Å². The number of pyridine rings is 1. The van der Waals surface area contributed by atoms with E-state index in [1.54, 1.807) is 18.4 Å². The molecule has 4 nitrogen and oxygen atoms in total. The van der Waals surface area contributed by atoms with Crippen LogP contribution in [-0.4, -0.2) is 15.7 Å². The number of hydrogen-bond donors (Lipinski definition) is 0. The van der Waals surface area contributed by atoms with E-state index in [9.17, 15) is 17.6 Å². The fourth-order valence-corrected chi connectivity index (χ4v) is 3.05. The third-order valence-corrected chi connectivity index (χ3v) is 4.15. The molecule has 2 heterocycles. The zero-order valence-corrected chi connectivity index (χ0v) is 14.5. The zero-order valence-electron chi connectivity index (χ0n) is 14.5. The first-order chi connectivity index (χ1) is 12.7. The highest BCUT2D eigenvalue weighted by Crippen LogP contribution is 2.42. The van der Waals surface area contributed by atoms with Gasteiger partial charge in [0, 0.05) is 16.6 Å². The highest BCUT2D eigenvalue weighted by atomic mass is 19.4. The first-order valence-electron chi connectivity index (χ1n) is 8.06. The Morgan fingerprint density at radius 3 is 2.59 bits per heavy atom. The highest BCUT2D eigenvalue weighted by Gasteiger charge is 2.36. The Morgan fingerprint density at radius 1 is 1.26 bits per heavy atom. The second kappa shape index (κ2) is 6.91. The van der Waals surface area contributed by atoms with Crippen LogP contribution in [0.4, 0.5) is 23.2 Å². The fraction of sp³-hybridized carbons (Fsp3) is 0.263. The van der Waals surface area contributed by atoms with Crippen LogP contribution in [0.1, 0.15) is 18.2 Å². The van der Waals surface area contributed by atoms with E-state index in [0.29, 0.717) is 17.0 Å². The SMILES string of the molecule is [C-]#[N+]c1ccc2c(cc(C)n2CC(C)Oc2ccc(F)nc2)c1C(F)(F)F. The average Bonchev–Trinajstić information content (AvgIpc) is 2.90. The van der Waals surface area contributed by atoms with Gasteiger partial charge >= 0.3 is 6.18 Å². The summed E-state index contributed by atoms with van der Waals surface area (Å²) < 4.78 is 60.7. The summed E-state index contributed by atoms with van der Waals surface area (Å²) in [5.41, 5.74) is -0.354. The van der Waals surface area contributed by atoms with Crippen LogP contribution in [0, 0.1) is 19.4 Å². The molecule has 0 saturated heterocycles. The number of nitrogens with zero attached hydrogens (tertiary/aromatic N) is 3. The Bertz CT molecular complexity index is 1020. The van der Waals surface area contributed by atoms with Crippen LogP contribution < -0.4 is 4.74 Å². The van der Waals surface area contributed by atoms with Crippen molar-refractivity contribution in [1.82, 2.24) is 9.55 Å². The van der Waals surface area contributed by atoms with E-state index in [-0.39, 0.29) is 11.9 Å². The van der Waals surface area contributed by atoms with Gasteiger partial charge in [0.15, 0.2) is 5.69 Å². The summed E-state index contributed by atoms with van der Waals surface area (Å²) in [7, 11) is 0. The third-order valence-electron chi connectivity index (χ3n) is 4.15. The van der Waals surface area contributed by atoms with Crippen LogP contribution in [0.3, 0.4) is 0 Å². The molecule has 0 aliphatic heterocycles. The summed E-state index contributed by atoms with van der Waals surface area (Å²) in [6.07, 6.45) is -3.78. The molecule has 2 aromatic heterocycles. The molecule has 0 fully saturated rings. The molecule has 3 aromatic rings. The number of hydrogen-bond acceptors (Lipinski definition) is 2. The molecule has 0 bridgehead atoms. The number of halogens is 4. The highest BCUT2D eigenvalue weighted by molar-refractivity contribution is 5.90. The van der Waals surface area contributed by atoms with Gasteiger partial charge in [0.25, 0.3) is 0 Å². The van der Waals surface area contributed by atoms with Gasteiger partial charge in [-0.05, 0) is 38.1 Å².